The van der Waals surface area contributed by atoms with Crippen LogP contribution in [0.25, 0.3) is 0 Å². The summed E-state index contributed by atoms with van der Waals surface area (Å²) in [5, 5.41) is 3.28. The molecule has 3 rings (SSSR count). The van der Waals surface area contributed by atoms with Crippen molar-refractivity contribution in [2.75, 3.05) is 5.32 Å². The number of halogens is 2. The van der Waals surface area contributed by atoms with Gasteiger partial charge in [0, 0.05) is 23.0 Å². The highest BCUT2D eigenvalue weighted by atomic mass is 35.5. The van der Waals surface area contributed by atoms with Gasteiger partial charge in [-0.3, -0.25) is 4.98 Å². The average Bonchev–Trinajstić information content (AvgIpc) is 2.77. The number of pyridine rings is 1. The van der Waals surface area contributed by atoms with Gasteiger partial charge in [-0.15, -0.1) is 11.6 Å². The van der Waals surface area contributed by atoms with Crippen molar-refractivity contribution in [3.63, 3.8) is 0 Å². The number of aromatic nitrogens is 1. The predicted octanol–water partition coefficient (Wildman–Crippen LogP) is 4.23. The summed E-state index contributed by atoms with van der Waals surface area (Å²) in [6, 6.07) is 5.88. The maximum atomic E-state index is 14.0. The van der Waals surface area contributed by atoms with E-state index in [0.717, 1.165) is 5.69 Å². The molecule has 1 aliphatic heterocycles. The second-order valence-electron chi connectivity index (χ2n) is 8.07. The number of anilines is 1. The van der Waals surface area contributed by atoms with Crippen LogP contribution >= 0.6 is 11.6 Å². The van der Waals surface area contributed by atoms with E-state index in [9.17, 15) is 12.8 Å². The molecule has 0 spiro atoms. The molecular formula is C19H23ClFN3O2S. The molecule has 2 N–H and O–H groups in total. The molecule has 146 valence electrons. The number of benzene rings is 1. The molecule has 0 saturated carbocycles. The number of hydrogen-bond acceptors (Lipinski definition) is 4. The fourth-order valence-corrected chi connectivity index (χ4v) is 4.87. The molecule has 1 aromatic carbocycles. The first kappa shape index (κ1) is 20.0. The van der Waals surface area contributed by atoms with Crippen LogP contribution in [0.4, 0.5) is 10.1 Å². The van der Waals surface area contributed by atoms with Gasteiger partial charge in [-0.25, -0.2) is 17.5 Å². The third kappa shape index (κ3) is 3.81. The van der Waals surface area contributed by atoms with Gasteiger partial charge in [0.25, 0.3) is 0 Å². The van der Waals surface area contributed by atoms with Crippen LogP contribution in [0, 0.1) is 12.7 Å². The summed E-state index contributed by atoms with van der Waals surface area (Å²) >= 11 is 6.74. The van der Waals surface area contributed by atoms with Crippen molar-refractivity contribution >= 4 is 27.3 Å². The maximum absolute atomic E-state index is 14.0. The molecule has 2 aromatic rings. The molecule has 0 saturated heterocycles. The molecule has 1 aliphatic rings. The van der Waals surface area contributed by atoms with Gasteiger partial charge >= 0.3 is 0 Å². The molecule has 27 heavy (non-hydrogen) atoms. The Labute approximate surface area is 164 Å². The normalized spacial score (nSPS) is 22.4. The third-order valence-electron chi connectivity index (χ3n) is 4.47. The number of rotatable bonds is 3. The number of nitrogens with one attached hydrogen (secondary N) is 2. The van der Waals surface area contributed by atoms with Crippen molar-refractivity contribution in [3.8, 4) is 0 Å². The van der Waals surface area contributed by atoms with E-state index >= 15 is 0 Å². The lowest BCUT2D eigenvalue weighted by Gasteiger charge is -2.25. The van der Waals surface area contributed by atoms with Crippen LogP contribution in [-0.4, -0.2) is 18.9 Å². The summed E-state index contributed by atoms with van der Waals surface area (Å²) in [5.41, 5.74) is 1.92. The van der Waals surface area contributed by atoms with E-state index in [1.165, 1.54) is 18.3 Å². The molecular weight excluding hydrogens is 389 g/mol. The summed E-state index contributed by atoms with van der Waals surface area (Å²) in [6.45, 7) is 8.79. The van der Waals surface area contributed by atoms with Crippen molar-refractivity contribution in [1.29, 1.82) is 0 Å². The monoisotopic (exact) mass is 411 g/mol. The van der Waals surface area contributed by atoms with Gasteiger partial charge in [-0.1, -0.05) is 0 Å². The Hall–Kier alpha value is -1.70. The van der Waals surface area contributed by atoms with Crippen LogP contribution in [0.2, 0.25) is 0 Å². The SMILES string of the molecule is Cc1cc2c(cc1F)C(C)(Cl)C(c1ccc(S(=O)(=O)NC(C)(C)C)cn1)N2. The second-order valence-corrected chi connectivity index (χ2v) is 10.5. The Morgan fingerprint density at radius 3 is 2.52 bits per heavy atom. The second kappa shape index (κ2) is 6.43. The fourth-order valence-electron chi connectivity index (χ4n) is 3.19. The van der Waals surface area contributed by atoms with Gasteiger partial charge in [0.05, 0.1) is 16.6 Å². The van der Waals surface area contributed by atoms with Crippen molar-refractivity contribution in [1.82, 2.24) is 9.71 Å². The van der Waals surface area contributed by atoms with Gasteiger partial charge in [0.1, 0.15) is 10.7 Å². The topological polar surface area (TPSA) is 71.1 Å². The number of alkyl halides is 1. The first-order chi connectivity index (χ1) is 12.3. The van der Waals surface area contributed by atoms with Crippen LogP contribution in [0.1, 0.15) is 50.6 Å². The molecule has 0 fully saturated rings. The summed E-state index contributed by atoms with van der Waals surface area (Å²) in [6.07, 6.45) is 1.31. The molecule has 8 heteroatoms. The Morgan fingerprint density at radius 1 is 1.30 bits per heavy atom. The Balaban J connectivity index is 1.93. The number of sulfonamides is 1. The molecule has 0 amide bonds. The quantitative estimate of drug-likeness (QED) is 0.741. The zero-order chi connectivity index (χ0) is 20.2. The highest BCUT2D eigenvalue weighted by Gasteiger charge is 2.44. The first-order valence-corrected chi connectivity index (χ1v) is 10.4. The summed E-state index contributed by atoms with van der Waals surface area (Å²) in [4.78, 5) is 3.48. The molecule has 5 nitrogen and oxygen atoms in total. The molecule has 2 unspecified atom stereocenters. The van der Waals surface area contributed by atoms with Crippen LogP contribution in [0.5, 0.6) is 0 Å². The first-order valence-electron chi connectivity index (χ1n) is 8.57. The fraction of sp³-hybridized carbons (Fsp3) is 0.421. The summed E-state index contributed by atoms with van der Waals surface area (Å²) in [5.74, 6) is -0.314. The van der Waals surface area contributed by atoms with Gasteiger partial charge < -0.3 is 5.32 Å². The minimum absolute atomic E-state index is 0.0786. The van der Waals surface area contributed by atoms with Gasteiger partial charge in [0.2, 0.25) is 10.0 Å². The highest BCUT2D eigenvalue weighted by Crippen LogP contribution is 2.51. The molecule has 2 heterocycles. The van der Waals surface area contributed by atoms with Gasteiger partial charge in [-0.05, 0) is 64.4 Å². The number of nitrogens with zero attached hydrogens (tertiary/aromatic N) is 1. The molecule has 2 atom stereocenters. The van der Waals surface area contributed by atoms with Gasteiger partial charge in [0.15, 0.2) is 0 Å². The van der Waals surface area contributed by atoms with E-state index < -0.39 is 26.5 Å². The Bertz CT molecular complexity index is 983. The molecule has 0 bridgehead atoms. The molecule has 0 radical (unpaired) electrons. The zero-order valence-corrected chi connectivity index (χ0v) is 17.5. The third-order valence-corrected chi connectivity index (χ3v) is 6.64. The van der Waals surface area contributed by atoms with Crippen molar-refractivity contribution in [2.45, 2.75) is 56.0 Å². The Morgan fingerprint density at radius 2 is 1.96 bits per heavy atom. The lowest BCUT2D eigenvalue weighted by atomic mass is 9.93. The summed E-state index contributed by atoms with van der Waals surface area (Å²) < 4.78 is 41.4. The average molecular weight is 412 g/mol. The van der Waals surface area contributed by atoms with Crippen LogP contribution in [0.15, 0.2) is 35.4 Å². The highest BCUT2D eigenvalue weighted by molar-refractivity contribution is 7.89. The molecule has 1 aromatic heterocycles. The lowest BCUT2D eigenvalue weighted by Crippen LogP contribution is -2.40. The minimum Gasteiger partial charge on any atom is -0.374 e. The Kier molecular flexibility index (Phi) is 4.77. The van der Waals surface area contributed by atoms with Crippen LogP contribution in [0.3, 0.4) is 0 Å². The summed E-state index contributed by atoms with van der Waals surface area (Å²) in [7, 11) is -3.67. The zero-order valence-electron chi connectivity index (χ0n) is 15.9. The van der Waals surface area contributed by atoms with Crippen molar-refractivity contribution in [2.24, 2.45) is 0 Å². The lowest BCUT2D eigenvalue weighted by molar-refractivity contribution is 0.491. The number of hydrogen-bond donors (Lipinski definition) is 2. The van der Waals surface area contributed by atoms with E-state index in [1.54, 1.807) is 46.8 Å². The van der Waals surface area contributed by atoms with Crippen molar-refractivity contribution in [3.05, 3.63) is 53.1 Å². The minimum atomic E-state index is -3.67. The van der Waals surface area contributed by atoms with Gasteiger partial charge in [-0.2, -0.15) is 0 Å². The predicted molar refractivity (Wildman–Crippen MR) is 105 cm³/mol. The van der Waals surface area contributed by atoms with Crippen molar-refractivity contribution < 1.29 is 12.8 Å². The van der Waals surface area contributed by atoms with E-state index in [4.69, 9.17) is 11.6 Å². The van der Waals surface area contributed by atoms with Crippen LogP contribution < -0.4 is 10.0 Å². The van der Waals surface area contributed by atoms with E-state index in [-0.39, 0.29) is 10.7 Å². The van der Waals surface area contributed by atoms with E-state index in [0.29, 0.717) is 16.8 Å². The van der Waals surface area contributed by atoms with Crippen LogP contribution in [-0.2, 0) is 14.9 Å². The maximum Gasteiger partial charge on any atom is 0.242 e. The van der Waals surface area contributed by atoms with E-state index in [1.807, 2.05) is 0 Å². The smallest absolute Gasteiger partial charge is 0.242 e. The largest absolute Gasteiger partial charge is 0.374 e. The molecule has 0 aliphatic carbocycles. The van der Waals surface area contributed by atoms with E-state index in [2.05, 4.69) is 15.0 Å². The number of fused-ring (bicyclic) bond motifs is 1. The number of aryl methyl sites for hydroxylation is 1. The standard InChI is InChI=1S/C19H23ClFN3O2S/c1-11-8-16-13(9-14(11)21)19(5,20)17(23-16)15-7-6-12(10-22-15)27(25,26)24-18(2,3)4/h6-10,17,23-24H,1-5H3.